The van der Waals surface area contributed by atoms with Gasteiger partial charge in [-0.15, -0.1) is 0 Å². The van der Waals surface area contributed by atoms with Crippen LogP contribution in [-0.2, 0) is 4.79 Å². The van der Waals surface area contributed by atoms with Crippen molar-refractivity contribution in [1.29, 1.82) is 0 Å². The van der Waals surface area contributed by atoms with Crippen molar-refractivity contribution in [1.82, 2.24) is 4.90 Å². The highest BCUT2D eigenvalue weighted by atomic mass is 79.9. The molecule has 0 aliphatic heterocycles. The van der Waals surface area contributed by atoms with E-state index >= 15 is 0 Å². The summed E-state index contributed by atoms with van der Waals surface area (Å²) in [5.41, 5.74) is 1.07. The summed E-state index contributed by atoms with van der Waals surface area (Å²) in [6, 6.07) is 14.1. The van der Waals surface area contributed by atoms with Crippen molar-refractivity contribution < 1.29 is 14.3 Å². The molecule has 0 saturated carbocycles. The van der Waals surface area contributed by atoms with Crippen LogP contribution in [0, 0.1) is 0 Å². The van der Waals surface area contributed by atoms with Crippen molar-refractivity contribution in [3.05, 3.63) is 58.6 Å². The molecular formula is C18H19BrN2O3. The maximum Gasteiger partial charge on any atom is 0.265 e. The third kappa shape index (κ3) is 4.83. The Morgan fingerprint density at radius 3 is 2.42 bits per heavy atom. The van der Waals surface area contributed by atoms with Gasteiger partial charge in [-0.05, 0) is 49.4 Å². The molecule has 6 heteroatoms. The zero-order chi connectivity index (χ0) is 17.7. The van der Waals surface area contributed by atoms with Crippen LogP contribution in [0.25, 0.3) is 0 Å². The van der Waals surface area contributed by atoms with Gasteiger partial charge in [0.2, 0.25) is 0 Å². The standard InChI is InChI=1S/C18H19BrN2O3/c1-12(24-16-9-7-14(19)8-10-16)17(22)20-15-6-4-5-13(11-15)18(23)21(2)3/h4-12H,1-3H3,(H,20,22)/t12-/m0/s1. The van der Waals surface area contributed by atoms with Crippen LogP contribution in [0.2, 0.25) is 0 Å². The van der Waals surface area contributed by atoms with Gasteiger partial charge in [-0.3, -0.25) is 9.59 Å². The van der Waals surface area contributed by atoms with E-state index in [-0.39, 0.29) is 11.8 Å². The summed E-state index contributed by atoms with van der Waals surface area (Å²) in [5.74, 6) is 0.204. The number of anilines is 1. The van der Waals surface area contributed by atoms with Gasteiger partial charge >= 0.3 is 0 Å². The molecule has 0 aromatic heterocycles. The number of nitrogens with zero attached hydrogens (tertiary/aromatic N) is 1. The number of rotatable bonds is 5. The number of hydrogen-bond acceptors (Lipinski definition) is 3. The van der Waals surface area contributed by atoms with E-state index in [1.54, 1.807) is 57.4 Å². The Hall–Kier alpha value is -2.34. The third-order valence-corrected chi connectivity index (χ3v) is 3.81. The number of carbonyl (C=O) groups is 2. The van der Waals surface area contributed by atoms with E-state index in [9.17, 15) is 9.59 Å². The van der Waals surface area contributed by atoms with E-state index in [0.717, 1.165) is 4.47 Å². The number of hydrogen-bond donors (Lipinski definition) is 1. The Balaban J connectivity index is 2.02. The second-order valence-corrected chi connectivity index (χ2v) is 6.40. The van der Waals surface area contributed by atoms with E-state index in [0.29, 0.717) is 17.0 Å². The van der Waals surface area contributed by atoms with Gasteiger partial charge in [0, 0.05) is 29.8 Å². The topological polar surface area (TPSA) is 58.6 Å². The Kier molecular flexibility index (Phi) is 5.98. The Morgan fingerprint density at radius 1 is 1.12 bits per heavy atom. The largest absolute Gasteiger partial charge is 0.481 e. The molecule has 0 fully saturated rings. The molecule has 1 atom stereocenters. The van der Waals surface area contributed by atoms with Crippen molar-refractivity contribution in [2.75, 3.05) is 19.4 Å². The lowest BCUT2D eigenvalue weighted by Crippen LogP contribution is -2.30. The average molecular weight is 391 g/mol. The van der Waals surface area contributed by atoms with E-state index in [2.05, 4.69) is 21.2 Å². The number of amides is 2. The molecule has 0 heterocycles. The summed E-state index contributed by atoms with van der Waals surface area (Å²) >= 11 is 3.35. The molecule has 2 amide bonds. The van der Waals surface area contributed by atoms with Gasteiger partial charge in [-0.25, -0.2) is 0 Å². The van der Waals surface area contributed by atoms with Crippen LogP contribution in [0.3, 0.4) is 0 Å². The molecule has 5 nitrogen and oxygen atoms in total. The van der Waals surface area contributed by atoms with E-state index < -0.39 is 6.10 Å². The highest BCUT2D eigenvalue weighted by molar-refractivity contribution is 9.10. The highest BCUT2D eigenvalue weighted by Crippen LogP contribution is 2.18. The maximum atomic E-state index is 12.3. The van der Waals surface area contributed by atoms with Gasteiger partial charge in [0.05, 0.1) is 0 Å². The van der Waals surface area contributed by atoms with Gasteiger partial charge < -0.3 is 15.0 Å². The Bertz CT molecular complexity index is 729. The Labute approximate surface area is 149 Å². The number of nitrogens with one attached hydrogen (secondary N) is 1. The number of carbonyl (C=O) groups excluding carboxylic acids is 2. The van der Waals surface area contributed by atoms with Crippen LogP contribution in [0.15, 0.2) is 53.0 Å². The first-order valence-electron chi connectivity index (χ1n) is 7.41. The van der Waals surface area contributed by atoms with Gasteiger partial charge in [0.25, 0.3) is 11.8 Å². The first-order valence-corrected chi connectivity index (χ1v) is 8.21. The second-order valence-electron chi connectivity index (χ2n) is 5.48. The van der Waals surface area contributed by atoms with Crippen molar-refractivity contribution in [3.8, 4) is 5.75 Å². The van der Waals surface area contributed by atoms with Crippen LogP contribution in [0.5, 0.6) is 5.75 Å². The van der Waals surface area contributed by atoms with Crippen molar-refractivity contribution >= 4 is 33.4 Å². The smallest absolute Gasteiger partial charge is 0.265 e. The molecule has 0 saturated heterocycles. The number of benzene rings is 2. The zero-order valence-corrected chi connectivity index (χ0v) is 15.3. The van der Waals surface area contributed by atoms with E-state index in [1.165, 1.54) is 4.90 Å². The van der Waals surface area contributed by atoms with Crippen LogP contribution in [-0.4, -0.2) is 36.9 Å². The van der Waals surface area contributed by atoms with Crippen LogP contribution in [0.4, 0.5) is 5.69 Å². The van der Waals surface area contributed by atoms with Gasteiger partial charge in [0.1, 0.15) is 5.75 Å². The van der Waals surface area contributed by atoms with Crippen LogP contribution < -0.4 is 10.1 Å². The maximum absolute atomic E-state index is 12.3. The second kappa shape index (κ2) is 7.97. The zero-order valence-electron chi connectivity index (χ0n) is 13.7. The molecule has 126 valence electrons. The fourth-order valence-corrected chi connectivity index (χ4v) is 2.27. The molecular weight excluding hydrogens is 372 g/mol. The quantitative estimate of drug-likeness (QED) is 0.848. The SMILES string of the molecule is C[C@H](Oc1ccc(Br)cc1)C(=O)Nc1cccc(C(=O)N(C)C)c1. The van der Waals surface area contributed by atoms with Crippen molar-refractivity contribution in [2.24, 2.45) is 0 Å². The first kappa shape index (κ1) is 18.0. The number of halogens is 1. The molecule has 0 spiro atoms. The molecule has 1 N–H and O–H groups in total. The molecule has 0 aliphatic carbocycles. The molecule has 0 radical (unpaired) electrons. The molecule has 2 aromatic carbocycles. The highest BCUT2D eigenvalue weighted by Gasteiger charge is 2.16. The molecule has 24 heavy (non-hydrogen) atoms. The summed E-state index contributed by atoms with van der Waals surface area (Å²) in [6.45, 7) is 1.67. The predicted molar refractivity (Wildman–Crippen MR) is 97.3 cm³/mol. The van der Waals surface area contributed by atoms with Crippen LogP contribution in [0.1, 0.15) is 17.3 Å². The van der Waals surface area contributed by atoms with E-state index in [1.807, 2.05) is 12.1 Å². The van der Waals surface area contributed by atoms with Gasteiger partial charge in [-0.1, -0.05) is 22.0 Å². The lowest BCUT2D eigenvalue weighted by Gasteiger charge is -2.16. The lowest BCUT2D eigenvalue weighted by molar-refractivity contribution is -0.122. The monoisotopic (exact) mass is 390 g/mol. The third-order valence-electron chi connectivity index (χ3n) is 3.28. The minimum atomic E-state index is -0.667. The van der Waals surface area contributed by atoms with E-state index in [4.69, 9.17) is 4.74 Å². The Morgan fingerprint density at radius 2 is 1.79 bits per heavy atom. The fraction of sp³-hybridized carbons (Fsp3) is 0.222. The first-order chi connectivity index (χ1) is 11.4. The molecule has 0 bridgehead atoms. The summed E-state index contributed by atoms with van der Waals surface area (Å²) in [5, 5.41) is 2.76. The minimum absolute atomic E-state index is 0.120. The molecule has 2 rings (SSSR count). The van der Waals surface area contributed by atoms with Crippen molar-refractivity contribution in [2.45, 2.75) is 13.0 Å². The predicted octanol–water partition coefficient (Wildman–Crippen LogP) is 3.56. The molecule has 0 unspecified atom stereocenters. The average Bonchev–Trinajstić information content (AvgIpc) is 2.56. The molecule has 2 aromatic rings. The fourth-order valence-electron chi connectivity index (χ4n) is 2.00. The normalized spacial score (nSPS) is 11.5. The molecule has 0 aliphatic rings. The summed E-state index contributed by atoms with van der Waals surface area (Å²) in [4.78, 5) is 25.7. The summed E-state index contributed by atoms with van der Waals surface area (Å²) in [7, 11) is 3.36. The minimum Gasteiger partial charge on any atom is -0.481 e. The number of ether oxygens (including phenoxy) is 1. The van der Waals surface area contributed by atoms with Crippen LogP contribution >= 0.6 is 15.9 Å². The van der Waals surface area contributed by atoms with Crippen molar-refractivity contribution in [3.63, 3.8) is 0 Å². The summed E-state index contributed by atoms with van der Waals surface area (Å²) < 4.78 is 6.55. The van der Waals surface area contributed by atoms with Gasteiger partial charge in [-0.2, -0.15) is 0 Å². The lowest BCUT2D eigenvalue weighted by atomic mass is 10.1. The van der Waals surface area contributed by atoms with Gasteiger partial charge in [0.15, 0.2) is 6.10 Å². The summed E-state index contributed by atoms with van der Waals surface area (Å²) in [6.07, 6.45) is -0.667.